The minimum absolute atomic E-state index is 0. The first kappa shape index (κ1) is 17.0. The normalized spacial score (nSPS) is 10.1. The number of hydrogen-bond acceptors (Lipinski definition) is 2. The number of aromatic amines is 1. The Morgan fingerprint density at radius 3 is 2.50 bits per heavy atom. The zero-order chi connectivity index (χ0) is 13.7. The Labute approximate surface area is 141 Å². The summed E-state index contributed by atoms with van der Waals surface area (Å²) in [6.45, 7) is 2.15. The van der Waals surface area contributed by atoms with Crippen molar-refractivity contribution < 1.29 is 39.5 Å². The van der Waals surface area contributed by atoms with Gasteiger partial charge in [-0.1, -0.05) is 50.1 Å². The summed E-state index contributed by atoms with van der Waals surface area (Å²) in [5.41, 5.74) is 3.13. The number of carbonyl (C=O) groups is 1. The molecule has 20 heavy (non-hydrogen) atoms. The molecule has 0 aliphatic rings. The molecule has 0 saturated carbocycles. The van der Waals surface area contributed by atoms with E-state index < -0.39 is 5.97 Å². The first-order valence-corrected chi connectivity index (χ1v) is 6.71. The molecule has 100 valence electrons. The van der Waals surface area contributed by atoms with Crippen LogP contribution in [0, 0.1) is 0 Å². The minimum atomic E-state index is -1.15. The molecule has 0 aliphatic carbocycles. The number of H-pyrrole nitrogens is 1. The predicted octanol–water partition coefficient (Wildman–Crippen LogP) is -0.218. The van der Waals surface area contributed by atoms with E-state index in [0.717, 1.165) is 42.5 Å². The van der Waals surface area contributed by atoms with E-state index in [1.165, 1.54) is 0 Å². The predicted molar refractivity (Wildman–Crippen MR) is 73.8 cm³/mol. The van der Waals surface area contributed by atoms with Crippen molar-refractivity contribution in [1.82, 2.24) is 4.98 Å². The Morgan fingerprint density at radius 2 is 1.90 bits per heavy atom. The van der Waals surface area contributed by atoms with Crippen molar-refractivity contribution in [3.63, 3.8) is 0 Å². The Bertz CT molecular complexity index is 549. The van der Waals surface area contributed by atoms with Crippen LogP contribution in [0.2, 0.25) is 0 Å². The van der Waals surface area contributed by atoms with E-state index in [-0.39, 0.29) is 35.3 Å². The third kappa shape index (κ3) is 4.23. The van der Waals surface area contributed by atoms with Crippen molar-refractivity contribution in [2.24, 2.45) is 0 Å². The van der Waals surface area contributed by atoms with Crippen LogP contribution in [-0.4, -0.2) is 11.0 Å². The quantitative estimate of drug-likeness (QED) is 0.587. The Morgan fingerprint density at radius 1 is 1.20 bits per heavy atom. The summed E-state index contributed by atoms with van der Waals surface area (Å²) in [4.78, 5) is 13.9. The summed E-state index contributed by atoms with van der Waals surface area (Å²) in [7, 11) is 0. The molecule has 2 rings (SSSR count). The van der Waals surface area contributed by atoms with Gasteiger partial charge in [0.15, 0.2) is 0 Å². The molecular weight excluding hydrogens is 261 g/mol. The van der Waals surface area contributed by atoms with Gasteiger partial charge in [-0.15, -0.1) is 0 Å². The van der Waals surface area contributed by atoms with Crippen LogP contribution < -0.4 is 34.7 Å². The number of carboxylic acids is 1. The molecule has 1 aromatic heterocycles. The SMILES string of the molecule is CCCCCc1cc(C(=O)[O-])[nH]c1-c1ccccc1.[Na+]. The maximum absolute atomic E-state index is 11.0. The molecule has 0 fully saturated rings. The van der Waals surface area contributed by atoms with Crippen molar-refractivity contribution in [2.75, 3.05) is 0 Å². The monoisotopic (exact) mass is 279 g/mol. The van der Waals surface area contributed by atoms with E-state index >= 15 is 0 Å². The molecule has 0 spiro atoms. The second-order valence-electron chi connectivity index (χ2n) is 4.69. The smallest absolute Gasteiger partial charge is 0.543 e. The molecule has 0 aliphatic heterocycles. The summed E-state index contributed by atoms with van der Waals surface area (Å²) in [5.74, 6) is -1.15. The molecule has 0 atom stereocenters. The number of unbranched alkanes of at least 4 members (excludes halogenated alkanes) is 2. The second kappa shape index (κ2) is 8.30. The molecule has 0 unspecified atom stereocenters. The van der Waals surface area contributed by atoms with E-state index in [0.29, 0.717) is 0 Å². The number of benzene rings is 1. The van der Waals surface area contributed by atoms with Gasteiger partial charge < -0.3 is 14.9 Å². The van der Waals surface area contributed by atoms with Crippen LogP contribution in [0.4, 0.5) is 0 Å². The Kier molecular flexibility index (Phi) is 7.06. The minimum Gasteiger partial charge on any atom is -0.543 e. The number of aromatic nitrogens is 1. The molecule has 0 amide bonds. The fraction of sp³-hybridized carbons (Fsp3) is 0.312. The zero-order valence-electron chi connectivity index (χ0n) is 12.1. The number of carbonyl (C=O) groups excluding carboxylic acids is 1. The fourth-order valence-electron chi connectivity index (χ4n) is 2.23. The van der Waals surface area contributed by atoms with Crippen LogP contribution in [0.1, 0.15) is 42.2 Å². The van der Waals surface area contributed by atoms with Crippen molar-refractivity contribution in [3.05, 3.63) is 47.7 Å². The Hall–Kier alpha value is -1.03. The van der Waals surface area contributed by atoms with Gasteiger partial charge >= 0.3 is 29.6 Å². The van der Waals surface area contributed by atoms with Gasteiger partial charge in [0.2, 0.25) is 0 Å². The number of nitrogens with one attached hydrogen (secondary N) is 1. The third-order valence-corrected chi connectivity index (χ3v) is 3.23. The van der Waals surface area contributed by atoms with E-state index in [1.807, 2.05) is 30.3 Å². The molecule has 0 radical (unpaired) electrons. The summed E-state index contributed by atoms with van der Waals surface area (Å²) < 4.78 is 0. The van der Waals surface area contributed by atoms with Crippen LogP contribution in [-0.2, 0) is 6.42 Å². The van der Waals surface area contributed by atoms with Crippen LogP contribution in [0.25, 0.3) is 11.3 Å². The molecule has 1 heterocycles. The van der Waals surface area contributed by atoms with Gasteiger partial charge in [0.25, 0.3) is 0 Å². The largest absolute Gasteiger partial charge is 1.00 e. The van der Waals surface area contributed by atoms with Gasteiger partial charge in [0, 0.05) is 5.69 Å². The van der Waals surface area contributed by atoms with Crippen molar-refractivity contribution >= 4 is 5.97 Å². The standard InChI is InChI=1S/C16H19NO2.Na/c1-2-3-5-10-13-11-14(16(18)19)17-15(13)12-8-6-4-7-9-12;/h4,6-9,11,17H,2-3,5,10H2,1H3,(H,18,19);/q;+1/p-1. The number of aryl methyl sites for hydroxylation is 1. The zero-order valence-corrected chi connectivity index (χ0v) is 14.1. The van der Waals surface area contributed by atoms with Crippen molar-refractivity contribution in [2.45, 2.75) is 32.6 Å². The summed E-state index contributed by atoms with van der Waals surface area (Å²) in [5, 5.41) is 11.0. The van der Waals surface area contributed by atoms with Crippen molar-refractivity contribution in [3.8, 4) is 11.3 Å². The van der Waals surface area contributed by atoms with Gasteiger partial charge in [0.1, 0.15) is 0 Å². The Balaban J connectivity index is 0.00000200. The summed E-state index contributed by atoms with van der Waals surface area (Å²) in [6, 6.07) is 11.5. The molecule has 1 N–H and O–H groups in total. The van der Waals surface area contributed by atoms with E-state index in [1.54, 1.807) is 6.07 Å². The van der Waals surface area contributed by atoms with E-state index in [4.69, 9.17) is 0 Å². The molecule has 3 nitrogen and oxygen atoms in total. The third-order valence-electron chi connectivity index (χ3n) is 3.23. The number of rotatable bonds is 6. The second-order valence-corrected chi connectivity index (χ2v) is 4.69. The molecule has 4 heteroatoms. The van der Waals surface area contributed by atoms with E-state index in [2.05, 4.69) is 11.9 Å². The van der Waals surface area contributed by atoms with E-state index in [9.17, 15) is 9.90 Å². The van der Waals surface area contributed by atoms with Gasteiger partial charge in [-0.25, -0.2) is 0 Å². The first-order valence-electron chi connectivity index (χ1n) is 6.71. The topological polar surface area (TPSA) is 55.9 Å². The van der Waals surface area contributed by atoms with Crippen molar-refractivity contribution in [1.29, 1.82) is 0 Å². The molecular formula is C16H18NNaO2. The molecule has 1 aromatic carbocycles. The fourth-order valence-corrected chi connectivity index (χ4v) is 2.23. The summed E-state index contributed by atoms with van der Waals surface area (Å²) >= 11 is 0. The number of hydrogen-bond donors (Lipinski definition) is 1. The maximum Gasteiger partial charge on any atom is 1.00 e. The van der Waals surface area contributed by atoms with Crippen LogP contribution in [0.5, 0.6) is 0 Å². The number of carboxylic acid groups (broad SMARTS) is 1. The molecule has 0 bridgehead atoms. The van der Waals surface area contributed by atoms with Gasteiger partial charge in [0.05, 0.1) is 11.7 Å². The average molecular weight is 279 g/mol. The molecule has 0 saturated heterocycles. The molecule has 2 aromatic rings. The summed E-state index contributed by atoms with van der Waals surface area (Å²) in [6.07, 6.45) is 4.26. The van der Waals surface area contributed by atoms with Crippen LogP contribution >= 0.6 is 0 Å². The maximum atomic E-state index is 11.0. The van der Waals surface area contributed by atoms with Gasteiger partial charge in [-0.2, -0.15) is 0 Å². The number of aromatic carboxylic acids is 1. The first-order chi connectivity index (χ1) is 9.22. The van der Waals surface area contributed by atoms with Gasteiger partial charge in [-0.05, 0) is 30.0 Å². The van der Waals surface area contributed by atoms with Crippen LogP contribution in [0.3, 0.4) is 0 Å². The van der Waals surface area contributed by atoms with Crippen LogP contribution in [0.15, 0.2) is 36.4 Å². The van der Waals surface area contributed by atoms with Gasteiger partial charge in [-0.3, -0.25) is 0 Å². The average Bonchev–Trinajstić information content (AvgIpc) is 2.84.